The van der Waals surface area contributed by atoms with E-state index in [0.29, 0.717) is 24.3 Å². The first-order valence-corrected chi connectivity index (χ1v) is 11.1. The zero-order valence-electron chi connectivity index (χ0n) is 17.1. The molecule has 0 bridgehead atoms. The molecular formula is C20H23N5O4S. The first kappa shape index (κ1) is 20.3. The number of hydrogen-bond acceptors (Lipinski definition) is 6. The molecule has 0 spiro atoms. The molecule has 0 aliphatic carbocycles. The molecule has 10 heteroatoms. The van der Waals surface area contributed by atoms with Gasteiger partial charge in [0.2, 0.25) is 10.0 Å². The minimum Gasteiger partial charge on any atom is -0.360 e. The molecule has 1 fully saturated rings. The monoisotopic (exact) mass is 429 g/mol. The Kier molecular flexibility index (Phi) is 5.20. The molecule has 1 aromatic carbocycles. The van der Waals surface area contributed by atoms with Crippen molar-refractivity contribution in [2.45, 2.75) is 25.7 Å². The van der Waals surface area contributed by atoms with Crippen LogP contribution in [-0.2, 0) is 10.0 Å². The van der Waals surface area contributed by atoms with E-state index in [4.69, 9.17) is 4.52 Å². The van der Waals surface area contributed by atoms with Crippen molar-refractivity contribution in [1.29, 1.82) is 0 Å². The van der Waals surface area contributed by atoms with Crippen LogP contribution in [-0.4, -0.2) is 64.6 Å². The summed E-state index contributed by atoms with van der Waals surface area (Å²) in [5.74, 6) is 0.159. The Morgan fingerprint density at radius 2 is 1.67 bits per heavy atom. The number of piperazine rings is 1. The quantitative estimate of drug-likeness (QED) is 0.628. The van der Waals surface area contributed by atoms with Crippen LogP contribution in [0, 0.1) is 20.8 Å². The Morgan fingerprint density at radius 3 is 2.20 bits per heavy atom. The fraction of sp³-hybridized carbons (Fsp3) is 0.350. The van der Waals surface area contributed by atoms with Crippen LogP contribution in [0.5, 0.6) is 0 Å². The predicted octanol–water partition coefficient (Wildman–Crippen LogP) is 1.93. The van der Waals surface area contributed by atoms with E-state index in [-0.39, 0.29) is 29.7 Å². The summed E-state index contributed by atoms with van der Waals surface area (Å²) in [5, 5.41) is 8.00. The van der Waals surface area contributed by atoms with E-state index in [1.807, 2.05) is 25.1 Å². The first-order chi connectivity index (χ1) is 14.3. The largest absolute Gasteiger partial charge is 0.360 e. The molecule has 9 nitrogen and oxygen atoms in total. The molecule has 3 aromatic rings. The Hall–Kier alpha value is -2.98. The fourth-order valence-corrected chi connectivity index (χ4v) is 5.38. The summed E-state index contributed by atoms with van der Waals surface area (Å²) in [5.41, 5.74) is 2.79. The second-order valence-electron chi connectivity index (χ2n) is 7.28. The third-order valence-corrected chi connectivity index (χ3v) is 7.43. The third kappa shape index (κ3) is 3.52. The van der Waals surface area contributed by atoms with Gasteiger partial charge in [-0.1, -0.05) is 5.16 Å². The number of aromatic nitrogens is 3. The van der Waals surface area contributed by atoms with Crippen molar-refractivity contribution in [2.75, 3.05) is 26.2 Å². The molecular weight excluding hydrogens is 406 g/mol. The molecule has 1 aliphatic rings. The maximum Gasteiger partial charge on any atom is 0.253 e. The van der Waals surface area contributed by atoms with Crippen molar-refractivity contribution in [1.82, 2.24) is 24.1 Å². The van der Waals surface area contributed by atoms with Gasteiger partial charge in [-0.15, -0.1) is 0 Å². The highest BCUT2D eigenvalue weighted by Crippen LogP contribution is 2.24. The summed E-state index contributed by atoms with van der Waals surface area (Å²) in [6, 6.07) is 9.16. The van der Waals surface area contributed by atoms with Crippen LogP contribution >= 0.6 is 0 Å². The normalized spacial score (nSPS) is 15.5. The molecule has 1 aliphatic heterocycles. The van der Waals surface area contributed by atoms with Crippen molar-refractivity contribution >= 4 is 15.9 Å². The Balaban J connectivity index is 1.44. The van der Waals surface area contributed by atoms with Gasteiger partial charge in [-0.2, -0.15) is 9.40 Å². The van der Waals surface area contributed by atoms with Gasteiger partial charge in [0.05, 0.1) is 5.69 Å². The number of carbonyl (C=O) groups excluding carboxylic acids is 1. The van der Waals surface area contributed by atoms with Gasteiger partial charge in [-0.3, -0.25) is 4.79 Å². The topological polar surface area (TPSA) is 102 Å². The SMILES string of the molecule is Cc1noc(C)c1S(=O)(=O)N1CCN(C(=O)c2ccc(-n3nccc3C)cc2)CC1. The summed E-state index contributed by atoms with van der Waals surface area (Å²) >= 11 is 0. The lowest BCUT2D eigenvalue weighted by Gasteiger charge is -2.34. The number of aryl methyl sites for hydroxylation is 3. The second-order valence-corrected chi connectivity index (χ2v) is 9.16. The minimum atomic E-state index is -3.70. The van der Waals surface area contributed by atoms with Gasteiger partial charge >= 0.3 is 0 Å². The highest BCUT2D eigenvalue weighted by atomic mass is 32.2. The first-order valence-electron chi connectivity index (χ1n) is 9.62. The van der Waals surface area contributed by atoms with Gasteiger partial charge in [-0.25, -0.2) is 13.1 Å². The summed E-state index contributed by atoms with van der Waals surface area (Å²) in [6.45, 7) is 6.25. The molecule has 0 radical (unpaired) electrons. The number of nitrogens with zero attached hydrogens (tertiary/aromatic N) is 5. The van der Waals surface area contributed by atoms with E-state index in [1.165, 1.54) is 4.31 Å². The lowest BCUT2D eigenvalue weighted by Crippen LogP contribution is -2.50. The zero-order valence-corrected chi connectivity index (χ0v) is 17.9. The Morgan fingerprint density at radius 1 is 1.00 bits per heavy atom. The Bertz CT molecular complexity index is 1150. The molecule has 0 N–H and O–H groups in total. The van der Waals surface area contributed by atoms with Crippen LogP contribution in [0.25, 0.3) is 5.69 Å². The van der Waals surface area contributed by atoms with Gasteiger partial charge in [0.25, 0.3) is 5.91 Å². The third-order valence-electron chi connectivity index (χ3n) is 5.28. The molecule has 30 heavy (non-hydrogen) atoms. The van der Waals surface area contributed by atoms with Gasteiger partial charge in [0.1, 0.15) is 10.6 Å². The van der Waals surface area contributed by atoms with Crippen LogP contribution in [0.4, 0.5) is 0 Å². The molecule has 2 aromatic heterocycles. The van der Waals surface area contributed by atoms with Crippen LogP contribution in [0.2, 0.25) is 0 Å². The maximum absolute atomic E-state index is 12.9. The summed E-state index contributed by atoms with van der Waals surface area (Å²) in [4.78, 5) is 14.7. The van der Waals surface area contributed by atoms with Crippen molar-refractivity contribution < 1.29 is 17.7 Å². The van der Waals surface area contributed by atoms with Crippen LogP contribution in [0.3, 0.4) is 0 Å². The van der Waals surface area contributed by atoms with Crippen molar-refractivity contribution in [3.63, 3.8) is 0 Å². The number of rotatable bonds is 4. The number of sulfonamides is 1. The Labute approximate surface area is 174 Å². The average molecular weight is 430 g/mol. The maximum atomic E-state index is 12.9. The average Bonchev–Trinajstić information content (AvgIpc) is 3.32. The van der Waals surface area contributed by atoms with Crippen molar-refractivity contribution in [3.05, 3.63) is 59.2 Å². The molecule has 0 unspecified atom stereocenters. The van der Waals surface area contributed by atoms with E-state index < -0.39 is 10.0 Å². The molecule has 0 atom stereocenters. The van der Waals surface area contributed by atoms with E-state index in [1.54, 1.807) is 41.8 Å². The molecule has 158 valence electrons. The number of benzene rings is 1. The lowest BCUT2D eigenvalue weighted by molar-refractivity contribution is 0.0698. The smallest absolute Gasteiger partial charge is 0.253 e. The molecule has 4 rings (SSSR count). The fourth-order valence-electron chi connectivity index (χ4n) is 3.67. The second kappa shape index (κ2) is 7.69. The zero-order chi connectivity index (χ0) is 21.5. The van der Waals surface area contributed by atoms with E-state index >= 15 is 0 Å². The lowest BCUT2D eigenvalue weighted by atomic mass is 10.1. The molecule has 1 saturated heterocycles. The van der Waals surface area contributed by atoms with E-state index in [0.717, 1.165) is 11.4 Å². The molecule has 1 amide bonds. The molecule has 0 saturated carbocycles. The van der Waals surface area contributed by atoms with Crippen LogP contribution < -0.4 is 0 Å². The minimum absolute atomic E-state index is 0.117. The summed E-state index contributed by atoms with van der Waals surface area (Å²) < 4.78 is 34.0. The van der Waals surface area contributed by atoms with Gasteiger partial charge in [-0.05, 0) is 51.1 Å². The van der Waals surface area contributed by atoms with Gasteiger partial charge in [0.15, 0.2) is 5.76 Å². The predicted molar refractivity (Wildman–Crippen MR) is 109 cm³/mol. The van der Waals surface area contributed by atoms with Crippen LogP contribution in [0.1, 0.15) is 27.5 Å². The summed E-state index contributed by atoms with van der Waals surface area (Å²) in [6.07, 6.45) is 1.73. The van der Waals surface area contributed by atoms with E-state index in [2.05, 4.69) is 10.3 Å². The van der Waals surface area contributed by atoms with E-state index in [9.17, 15) is 13.2 Å². The van der Waals surface area contributed by atoms with Crippen LogP contribution in [0.15, 0.2) is 45.9 Å². The molecule has 3 heterocycles. The number of carbonyl (C=O) groups is 1. The number of amides is 1. The number of hydrogen-bond donors (Lipinski definition) is 0. The van der Waals surface area contributed by atoms with Crippen molar-refractivity contribution in [3.8, 4) is 5.69 Å². The highest BCUT2D eigenvalue weighted by Gasteiger charge is 2.34. The van der Waals surface area contributed by atoms with Crippen molar-refractivity contribution in [2.24, 2.45) is 0 Å². The standard InChI is InChI=1S/C20H23N5O4S/c1-14-8-9-21-25(14)18-6-4-17(5-7-18)20(26)23-10-12-24(13-11-23)30(27,28)19-15(2)22-29-16(19)3/h4-9H,10-13H2,1-3H3. The summed E-state index contributed by atoms with van der Waals surface area (Å²) in [7, 11) is -3.70. The highest BCUT2D eigenvalue weighted by molar-refractivity contribution is 7.89. The van der Waals surface area contributed by atoms with Gasteiger partial charge < -0.3 is 9.42 Å². The van der Waals surface area contributed by atoms with Gasteiger partial charge in [0, 0.05) is 43.6 Å².